The number of hydrogen-bond donors (Lipinski definition) is 2. The molecule has 8 heteroatoms. The predicted molar refractivity (Wildman–Crippen MR) is 105 cm³/mol. The van der Waals surface area contributed by atoms with E-state index >= 15 is 0 Å². The number of urea groups is 1. The third-order valence-corrected chi connectivity index (χ3v) is 4.15. The van der Waals surface area contributed by atoms with Crippen LogP contribution in [0.2, 0.25) is 0 Å². The van der Waals surface area contributed by atoms with Crippen LogP contribution in [-0.2, 0) is 13.1 Å². The molecular formula is C20H19N7O. The molecule has 4 rings (SSSR count). The van der Waals surface area contributed by atoms with Crippen LogP contribution in [-0.4, -0.2) is 30.3 Å². The SMILES string of the molecule is O=C(NCc1ccc(-n2ccnc2)nc1)Nc1ccc(Cn2cccn2)cc1. The largest absolute Gasteiger partial charge is 0.334 e. The van der Waals surface area contributed by atoms with E-state index in [9.17, 15) is 4.79 Å². The second-order valence-corrected chi connectivity index (χ2v) is 6.20. The van der Waals surface area contributed by atoms with E-state index in [1.54, 1.807) is 24.9 Å². The molecule has 3 aromatic heterocycles. The topological polar surface area (TPSA) is 89.7 Å². The molecule has 0 bridgehead atoms. The van der Waals surface area contributed by atoms with E-state index in [2.05, 4.69) is 25.7 Å². The smallest absolute Gasteiger partial charge is 0.319 e. The Bertz CT molecular complexity index is 1010. The first kappa shape index (κ1) is 17.5. The van der Waals surface area contributed by atoms with Gasteiger partial charge in [-0.15, -0.1) is 0 Å². The van der Waals surface area contributed by atoms with Gasteiger partial charge in [0.05, 0.1) is 6.54 Å². The molecule has 2 amide bonds. The van der Waals surface area contributed by atoms with E-state index in [1.807, 2.05) is 64.1 Å². The zero-order valence-corrected chi connectivity index (χ0v) is 15.1. The lowest BCUT2D eigenvalue weighted by Gasteiger charge is -2.09. The molecule has 0 saturated carbocycles. The van der Waals surface area contributed by atoms with Gasteiger partial charge in [-0.1, -0.05) is 18.2 Å². The van der Waals surface area contributed by atoms with E-state index in [1.165, 1.54) is 0 Å². The lowest BCUT2D eigenvalue weighted by molar-refractivity contribution is 0.251. The number of nitrogens with zero attached hydrogens (tertiary/aromatic N) is 5. The van der Waals surface area contributed by atoms with E-state index in [-0.39, 0.29) is 6.03 Å². The molecule has 2 N–H and O–H groups in total. The van der Waals surface area contributed by atoms with Gasteiger partial charge in [0.15, 0.2) is 0 Å². The molecule has 0 aliphatic rings. The van der Waals surface area contributed by atoms with Crippen LogP contribution < -0.4 is 10.6 Å². The normalized spacial score (nSPS) is 10.6. The zero-order valence-electron chi connectivity index (χ0n) is 15.1. The molecule has 0 spiro atoms. The number of nitrogens with one attached hydrogen (secondary N) is 2. The summed E-state index contributed by atoms with van der Waals surface area (Å²) in [5, 5.41) is 9.84. The standard InChI is InChI=1S/C20H19N7O/c28-20(23-13-17-4-7-19(22-12-17)26-11-9-21-15-26)25-18-5-2-16(3-6-18)14-27-10-1-8-24-27/h1-12,15H,13-14H2,(H2,23,25,28). The molecule has 140 valence electrons. The van der Waals surface area contributed by atoms with Gasteiger partial charge in [0.1, 0.15) is 12.1 Å². The molecule has 0 aliphatic heterocycles. The Morgan fingerprint density at radius 1 is 1.00 bits per heavy atom. The van der Waals surface area contributed by atoms with E-state index in [0.717, 1.165) is 22.6 Å². The number of amides is 2. The van der Waals surface area contributed by atoms with Crippen molar-refractivity contribution < 1.29 is 4.79 Å². The van der Waals surface area contributed by atoms with Gasteiger partial charge in [-0.25, -0.2) is 14.8 Å². The number of carbonyl (C=O) groups is 1. The number of anilines is 1. The van der Waals surface area contributed by atoms with Gasteiger partial charge in [0.25, 0.3) is 0 Å². The Balaban J connectivity index is 1.27. The van der Waals surface area contributed by atoms with Gasteiger partial charge in [-0.3, -0.25) is 9.25 Å². The number of carbonyl (C=O) groups excluding carboxylic acids is 1. The number of benzene rings is 1. The highest BCUT2D eigenvalue weighted by molar-refractivity contribution is 5.89. The fourth-order valence-electron chi connectivity index (χ4n) is 2.70. The molecule has 0 radical (unpaired) electrons. The maximum absolute atomic E-state index is 12.1. The lowest BCUT2D eigenvalue weighted by Crippen LogP contribution is -2.28. The first-order valence-corrected chi connectivity index (χ1v) is 8.81. The molecular weight excluding hydrogens is 354 g/mol. The van der Waals surface area contributed by atoms with Crippen LogP contribution in [0, 0.1) is 0 Å². The summed E-state index contributed by atoms with van der Waals surface area (Å²) in [6.07, 6.45) is 10.6. The third kappa shape index (κ3) is 4.42. The van der Waals surface area contributed by atoms with Crippen LogP contribution in [0.1, 0.15) is 11.1 Å². The minimum Gasteiger partial charge on any atom is -0.334 e. The molecule has 0 saturated heterocycles. The highest BCUT2D eigenvalue weighted by atomic mass is 16.2. The fraction of sp³-hybridized carbons (Fsp3) is 0.100. The lowest BCUT2D eigenvalue weighted by atomic mass is 10.2. The number of aromatic nitrogens is 5. The molecule has 1 aromatic carbocycles. The molecule has 4 aromatic rings. The highest BCUT2D eigenvalue weighted by Gasteiger charge is 2.04. The molecule has 8 nitrogen and oxygen atoms in total. The third-order valence-electron chi connectivity index (χ3n) is 4.15. The van der Waals surface area contributed by atoms with Crippen molar-refractivity contribution in [3.63, 3.8) is 0 Å². The number of imidazole rings is 1. The van der Waals surface area contributed by atoms with Crippen LogP contribution in [0.15, 0.2) is 79.8 Å². The van der Waals surface area contributed by atoms with Crippen molar-refractivity contribution in [2.24, 2.45) is 0 Å². The Hall–Kier alpha value is -3.94. The average Bonchev–Trinajstić information content (AvgIpc) is 3.43. The van der Waals surface area contributed by atoms with Crippen molar-refractivity contribution >= 4 is 11.7 Å². The number of rotatable bonds is 6. The second kappa shape index (κ2) is 8.17. The van der Waals surface area contributed by atoms with Gasteiger partial charge in [-0.2, -0.15) is 5.10 Å². The van der Waals surface area contributed by atoms with Crippen LogP contribution in [0.3, 0.4) is 0 Å². The Morgan fingerprint density at radius 3 is 2.54 bits per heavy atom. The van der Waals surface area contributed by atoms with E-state index in [4.69, 9.17) is 0 Å². The second-order valence-electron chi connectivity index (χ2n) is 6.20. The summed E-state index contributed by atoms with van der Waals surface area (Å²) in [7, 11) is 0. The Labute approximate surface area is 161 Å². The fourth-order valence-corrected chi connectivity index (χ4v) is 2.70. The zero-order chi connectivity index (χ0) is 19.2. The van der Waals surface area contributed by atoms with Crippen molar-refractivity contribution in [2.45, 2.75) is 13.1 Å². The minimum atomic E-state index is -0.265. The van der Waals surface area contributed by atoms with Crippen molar-refractivity contribution in [1.29, 1.82) is 0 Å². The van der Waals surface area contributed by atoms with Crippen LogP contribution in [0.5, 0.6) is 0 Å². The quantitative estimate of drug-likeness (QED) is 0.544. The van der Waals surface area contributed by atoms with Gasteiger partial charge >= 0.3 is 6.03 Å². The first-order chi connectivity index (χ1) is 13.8. The van der Waals surface area contributed by atoms with E-state index in [0.29, 0.717) is 13.1 Å². The van der Waals surface area contributed by atoms with Crippen LogP contribution in [0.25, 0.3) is 5.82 Å². The summed E-state index contributed by atoms with van der Waals surface area (Å²) in [5.41, 5.74) is 2.75. The van der Waals surface area contributed by atoms with E-state index < -0.39 is 0 Å². The monoisotopic (exact) mass is 373 g/mol. The summed E-state index contributed by atoms with van der Waals surface area (Å²) in [4.78, 5) is 20.5. The summed E-state index contributed by atoms with van der Waals surface area (Å²) in [6.45, 7) is 1.09. The van der Waals surface area contributed by atoms with Crippen molar-refractivity contribution in [3.8, 4) is 5.82 Å². The van der Waals surface area contributed by atoms with Crippen LogP contribution >= 0.6 is 0 Å². The van der Waals surface area contributed by atoms with Gasteiger partial charge in [0, 0.05) is 43.2 Å². The van der Waals surface area contributed by atoms with Gasteiger partial charge in [0.2, 0.25) is 0 Å². The van der Waals surface area contributed by atoms with Crippen molar-refractivity contribution in [3.05, 3.63) is 90.9 Å². The Kier molecular flexibility index (Phi) is 5.10. The molecule has 0 atom stereocenters. The summed E-state index contributed by atoms with van der Waals surface area (Å²) in [5.74, 6) is 0.779. The molecule has 0 fully saturated rings. The van der Waals surface area contributed by atoms with Crippen molar-refractivity contribution in [1.82, 2.24) is 29.6 Å². The number of pyridine rings is 1. The van der Waals surface area contributed by atoms with Crippen molar-refractivity contribution in [2.75, 3.05) is 5.32 Å². The minimum absolute atomic E-state index is 0.265. The highest BCUT2D eigenvalue weighted by Crippen LogP contribution is 2.11. The first-order valence-electron chi connectivity index (χ1n) is 8.81. The van der Waals surface area contributed by atoms with Gasteiger partial charge < -0.3 is 10.6 Å². The Morgan fingerprint density at radius 2 is 1.86 bits per heavy atom. The molecule has 0 unspecified atom stereocenters. The predicted octanol–water partition coefficient (Wildman–Crippen LogP) is 2.83. The molecule has 3 heterocycles. The average molecular weight is 373 g/mol. The summed E-state index contributed by atoms with van der Waals surface area (Å²) >= 11 is 0. The summed E-state index contributed by atoms with van der Waals surface area (Å²) in [6, 6.07) is 13.1. The van der Waals surface area contributed by atoms with Crippen LogP contribution in [0.4, 0.5) is 10.5 Å². The summed E-state index contributed by atoms with van der Waals surface area (Å²) < 4.78 is 3.67. The maximum Gasteiger partial charge on any atom is 0.319 e. The molecule has 0 aliphatic carbocycles. The van der Waals surface area contributed by atoms with Gasteiger partial charge in [-0.05, 0) is 35.4 Å². The maximum atomic E-state index is 12.1. The number of hydrogen-bond acceptors (Lipinski definition) is 4. The molecule has 28 heavy (non-hydrogen) atoms.